The van der Waals surface area contributed by atoms with Crippen LogP contribution in [0.1, 0.15) is 24.3 Å². The van der Waals surface area contributed by atoms with E-state index in [1.54, 1.807) is 16.9 Å². The van der Waals surface area contributed by atoms with Gasteiger partial charge in [-0.25, -0.2) is 4.68 Å². The lowest BCUT2D eigenvalue weighted by atomic mass is 10.3. The highest BCUT2D eigenvalue weighted by Gasteiger charge is 2.10. The van der Waals surface area contributed by atoms with Crippen LogP contribution in [0.2, 0.25) is 0 Å². The number of carbonyl (C=O) groups is 1. The Morgan fingerprint density at radius 3 is 2.67 bits per heavy atom. The van der Waals surface area contributed by atoms with Crippen molar-refractivity contribution in [1.82, 2.24) is 20.4 Å². The van der Waals surface area contributed by atoms with E-state index in [0.717, 1.165) is 12.2 Å². The molecule has 21 heavy (non-hydrogen) atoms. The minimum atomic E-state index is -0.149. The van der Waals surface area contributed by atoms with Gasteiger partial charge in [0.25, 0.3) is 5.91 Å². The van der Waals surface area contributed by atoms with Crippen LogP contribution in [0.5, 0.6) is 0 Å². The molecule has 0 saturated carbocycles. The topological polar surface area (TPSA) is 58.9 Å². The average molecular weight is 309 g/mol. The van der Waals surface area contributed by atoms with Crippen LogP contribution in [0.4, 0.5) is 0 Å². The second-order valence-corrected chi connectivity index (χ2v) is 4.65. The quantitative estimate of drug-likeness (QED) is 0.858. The fraction of sp³-hybridized carbons (Fsp3) is 0.333. The van der Waals surface area contributed by atoms with Gasteiger partial charge in [0, 0.05) is 18.8 Å². The molecule has 2 rings (SSSR count). The van der Waals surface area contributed by atoms with Gasteiger partial charge < -0.3 is 10.6 Å². The molecule has 0 saturated heterocycles. The van der Waals surface area contributed by atoms with Gasteiger partial charge >= 0.3 is 0 Å². The number of likely N-dealkylation sites (N-methyl/N-ethyl adjacent to an activating group) is 1. The van der Waals surface area contributed by atoms with Gasteiger partial charge in [-0.15, -0.1) is 12.4 Å². The SMILES string of the molecule is CCN[C@H](C)CNC(=O)c1ccn(-c2ccccc2)n1.Cl. The lowest BCUT2D eigenvalue weighted by Crippen LogP contribution is -2.38. The van der Waals surface area contributed by atoms with Gasteiger partial charge in [0.2, 0.25) is 0 Å². The van der Waals surface area contributed by atoms with Crippen molar-refractivity contribution in [2.45, 2.75) is 19.9 Å². The van der Waals surface area contributed by atoms with Crippen molar-refractivity contribution in [2.24, 2.45) is 0 Å². The largest absolute Gasteiger partial charge is 0.349 e. The van der Waals surface area contributed by atoms with Gasteiger partial charge in [-0.05, 0) is 31.7 Å². The Hall–Kier alpha value is -1.85. The summed E-state index contributed by atoms with van der Waals surface area (Å²) in [6.45, 7) is 5.55. The van der Waals surface area contributed by atoms with Gasteiger partial charge in [-0.1, -0.05) is 25.1 Å². The van der Waals surface area contributed by atoms with E-state index >= 15 is 0 Å². The Morgan fingerprint density at radius 1 is 1.29 bits per heavy atom. The van der Waals surface area contributed by atoms with Crippen LogP contribution in [0.15, 0.2) is 42.6 Å². The van der Waals surface area contributed by atoms with Gasteiger partial charge in [0.05, 0.1) is 5.69 Å². The van der Waals surface area contributed by atoms with E-state index in [9.17, 15) is 4.79 Å². The zero-order valence-electron chi connectivity index (χ0n) is 12.2. The lowest BCUT2D eigenvalue weighted by molar-refractivity contribution is 0.0945. The summed E-state index contributed by atoms with van der Waals surface area (Å²) in [6, 6.07) is 11.7. The summed E-state index contributed by atoms with van der Waals surface area (Å²) in [4.78, 5) is 12.0. The summed E-state index contributed by atoms with van der Waals surface area (Å²) in [5.41, 5.74) is 1.37. The van der Waals surface area contributed by atoms with E-state index in [-0.39, 0.29) is 24.4 Å². The van der Waals surface area contributed by atoms with Gasteiger partial charge in [-0.2, -0.15) is 5.10 Å². The van der Waals surface area contributed by atoms with Crippen LogP contribution < -0.4 is 10.6 Å². The molecule has 0 aliphatic rings. The summed E-state index contributed by atoms with van der Waals surface area (Å²) in [5.74, 6) is -0.149. The molecule has 1 aromatic heterocycles. The average Bonchev–Trinajstić information content (AvgIpc) is 2.96. The molecule has 0 aliphatic heterocycles. The van der Waals surface area contributed by atoms with Crippen molar-refractivity contribution in [3.05, 3.63) is 48.3 Å². The summed E-state index contributed by atoms with van der Waals surface area (Å²) in [7, 11) is 0. The Labute approximate surface area is 131 Å². The molecule has 0 spiro atoms. The van der Waals surface area contributed by atoms with Crippen molar-refractivity contribution in [2.75, 3.05) is 13.1 Å². The molecule has 2 aromatic rings. The highest BCUT2D eigenvalue weighted by molar-refractivity contribution is 5.92. The van der Waals surface area contributed by atoms with E-state index in [1.165, 1.54) is 0 Å². The maximum atomic E-state index is 12.0. The molecule has 5 nitrogen and oxygen atoms in total. The predicted molar refractivity (Wildman–Crippen MR) is 86.3 cm³/mol. The van der Waals surface area contributed by atoms with E-state index in [2.05, 4.69) is 15.7 Å². The first-order chi connectivity index (χ1) is 9.70. The van der Waals surface area contributed by atoms with E-state index in [1.807, 2.05) is 44.2 Å². The number of aromatic nitrogens is 2. The highest BCUT2D eigenvalue weighted by Crippen LogP contribution is 2.06. The van der Waals surface area contributed by atoms with Crippen molar-refractivity contribution >= 4 is 18.3 Å². The monoisotopic (exact) mass is 308 g/mol. The number of nitrogens with one attached hydrogen (secondary N) is 2. The van der Waals surface area contributed by atoms with Crippen LogP contribution in [0.25, 0.3) is 5.69 Å². The van der Waals surface area contributed by atoms with Crippen LogP contribution in [-0.4, -0.2) is 34.8 Å². The predicted octanol–water partition coefficient (Wildman–Crippen LogP) is 2.02. The molecule has 2 N–H and O–H groups in total. The smallest absolute Gasteiger partial charge is 0.271 e. The number of para-hydroxylation sites is 1. The first-order valence-electron chi connectivity index (χ1n) is 6.83. The molecular formula is C15H21ClN4O. The van der Waals surface area contributed by atoms with Crippen LogP contribution >= 0.6 is 12.4 Å². The summed E-state index contributed by atoms with van der Waals surface area (Å²) in [6.07, 6.45) is 1.79. The van der Waals surface area contributed by atoms with Gasteiger partial charge in [-0.3, -0.25) is 4.79 Å². The maximum Gasteiger partial charge on any atom is 0.271 e. The van der Waals surface area contributed by atoms with Crippen LogP contribution in [0.3, 0.4) is 0 Å². The third kappa shape index (κ3) is 4.88. The third-order valence-electron chi connectivity index (χ3n) is 2.96. The van der Waals surface area contributed by atoms with Crippen molar-refractivity contribution < 1.29 is 4.79 Å². The molecule has 1 amide bonds. The maximum absolute atomic E-state index is 12.0. The second-order valence-electron chi connectivity index (χ2n) is 4.65. The molecule has 0 bridgehead atoms. The van der Waals surface area contributed by atoms with Crippen LogP contribution in [-0.2, 0) is 0 Å². The second kappa shape index (κ2) is 8.44. The van der Waals surface area contributed by atoms with Crippen molar-refractivity contribution in [3.8, 4) is 5.69 Å². The molecular weight excluding hydrogens is 288 g/mol. The number of halogens is 1. The molecule has 0 fully saturated rings. The van der Waals surface area contributed by atoms with E-state index in [0.29, 0.717) is 12.2 Å². The summed E-state index contributed by atoms with van der Waals surface area (Å²) in [5, 5.41) is 10.4. The lowest BCUT2D eigenvalue weighted by Gasteiger charge is -2.12. The zero-order chi connectivity index (χ0) is 14.4. The fourth-order valence-corrected chi connectivity index (χ4v) is 1.93. The Balaban J connectivity index is 0.00000220. The Bertz CT molecular complexity index is 556. The molecule has 0 radical (unpaired) electrons. The number of rotatable bonds is 6. The van der Waals surface area contributed by atoms with E-state index in [4.69, 9.17) is 0 Å². The van der Waals surface area contributed by atoms with Gasteiger partial charge in [0.15, 0.2) is 5.69 Å². The molecule has 0 unspecified atom stereocenters. The Kier molecular flexibility index (Phi) is 6.91. The highest BCUT2D eigenvalue weighted by atomic mass is 35.5. The van der Waals surface area contributed by atoms with E-state index < -0.39 is 0 Å². The number of hydrogen-bond acceptors (Lipinski definition) is 3. The number of benzene rings is 1. The number of carbonyl (C=O) groups excluding carboxylic acids is 1. The van der Waals surface area contributed by atoms with Crippen molar-refractivity contribution in [3.63, 3.8) is 0 Å². The molecule has 1 atom stereocenters. The standard InChI is InChI=1S/C15H20N4O.ClH/c1-3-16-12(2)11-17-15(20)14-9-10-19(18-14)13-7-5-4-6-8-13;/h4-10,12,16H,3,11H2,1-2H3,(H,17,20);1H/t12-;/m1./s1. The normalized spacial score (nSPS) is 11.5. The number of amides is 1. The third-order valence-corrected chi connectivity index (χ3v) is 2.96. The summed E-state index contributed by atoms with van der Waals surface area (Å²) >= 11 is 0. The first-order valence-corrected chi connectivity index (χ1v) is 6.83. The first kappa shape index (κ1) is 17.2. The minimum Gasteiger partial charge on any atom is -0.349 e. The van der Waals surface area contributed by atoms with Crippen LogP contribution in [0, 0.1) is 0 Å². The molecule has 1 heterocycles. The Morgan fingerprint density at radius 2 is 2.00 bits per heavy atom. The number of hydrogen-bond donors (Lipinski definition) is 2. The fourth-order valence-electron chi connectivity index (χ4n) is 1.93. The molecule has 1 aromatic carbocycles. The number of nitrogens with zero attached hydrogens (tertiary/aromatic N) is 2. The zero-order valence-corrected chi connectivity index (χ0v) is 13.1. The van der Waals surface area contributed by atoms with Gasteiger partial charge in [0.1, 0.15) is 0 Å². The molecule has 114 valence electrons. The molecule has 0 aliphatic carbocycles. The minimum absolute atomic E-state index is 0. The van der Waals surface area contributed by atoms with Crippen molar-refractivity contribution in [1.29, 1.82) is 0 Å². The molecule has 6 heteroatoms. The summed E-state index contributed by atoms with van der Waals surface area (Å²) < 4.78 is 1.70.